The lowest BCUT2D eigenvalue weighted by Gasteiger charge is -2.14. The van der Waals surface area contributed by atoms with Crippen LogP contribution in [0.25, 0.3) is 0 Å². The highest BCUT2D eigenvalue weighted by molar-refractivity contribution is 6.52. The summed E-state index contributed by atoms with van der Waals surface area (Å²) in [5.74, 6) is -2.32. The predicted molar refractivity (Wildman–Crippen MR) is 60.4 cm³/mol. The van der Waals surface area contributed by atoms with E-state index in [1.165, 1.54) is 23.1 Å². The molecule has 0 atom stereocenters. The van der Waals surface area contributed by atoms with E-state index in [2.05, 4.69) is 0 Å². The third kappa shape index (κ3) is 1.69. The van der Waals surface area contributed by atoms with Crippen molar-refractivity contribution in [3.63, 3.8) is 0 Å². The number of carbonyl (C=O) groups excluding carboxylic acids is 2. The molecule has 0 unspecified atom stereocenters. The number of nitrogens with zero attached hydrogens (tertiary/aromatic N) is 1. The van der Waals surface area contributed by atoms with Gasteiger partial charge < -0.3 is 10.0 Å². The smallest absolute Gasteiger partial charge is 0.335 e. The molecule has 1 aliphatic heterocycles. The quantitative estimate of drug-likeness (QED) is 0.799. The molecule has 0 bridgehead atoms. The van der Waals surface area contributed by atoms with E-state index < -0.39 is 17.7 Å². The number of benzene rings is 1. The molecule has 1 N–H and O–H groups in total. The summed E-state index contributed by atoms with van der Waals surface area (Å²) >= 11 is 0. The second-order valence-corrected chi connectivity index (χ2v) is 3.82. The average molecular weight is 233 g/mol. The second kappa shape index (κ2) is 4.01. The summed E-state index contributed by atoms with van der Waals surface area (Å²) in [5, 5.41) is 8.83. The van der Waals surface area contributed by atoms with Crippen molar-refractivity contribution in [1.29, 1.82) is 0 Å². The molecule has 0 radical (unpaired) electrons. The number of hydrogen-bond acceptors (Lipinski definition) is 3. The number of aromatic carboxylic acids is 1. The summed E-state index contributed by atoms with van der Waals surface area (Å²) in [4.78, 5) is 35.5. The Kier molecular flexibility index (Phi) is 2.67. The van der Waals surface area contributed by atoms with Gasteiger partial charge in [0.25, 0.3) is 11.7 Å². The SMILES string of the molecule is CCCN1C(=O)C(=O)c2cc(C(=O)O)ccc21. The van der Waals surface area contributed by atoms with Crippen LogP contribution in [0.3, 0.4) is 0 Å². The van der Waals surface area contributed by atoms with Gasteiger partial charge in [0.15, 0.2) is 0 Å². The van der Waals surface area contributed by atoms with Crippen LogP contribution in [0, 0.1) is 0 Å². The monoisotopic (exact) mass is 233 g/mol. The molecule has 0 aromatic heterocycles. The minimum atomic E-state index is -1.11. The molecule has 17 heavy (non-hydrogen) atoms. The van der Waals surface area contributed by atoms with Gasteiger partial charge in [-0.25, -0.2) is 4.79 Å². The topological polar surface area (TPSA) is 74.7 Å². The number of rotatable bonds is 3. The molecule has 0 saturated heterocycles. The zero-order valence-electron chi connectivity index (χ0n) is 9.27. The van der Waals surface area contributed by atoms with E-state index in [9.17, 15) is 14.4 Å². The highest BCUT2D eigenvalue weighted by Gasteiger charge is 2.35. The normalized spacial score (nSPS) is 14.1. The Morgan fingerprint density at radius 3 is 2.65 bits per heavy atom. The van der Waals surface area contributed by atoms with Crippen molar-refractivity contribution in [1.82, 2.24) is 0 Å². The standard InChI is InChI=1S/C12H11NO4/c1-2-5-13-9-4-3-7(12(16)17)6-8(9)10(14)11(13)15/h3-4,6H,2,5H2,1H3,(H,16,17). The number of Topliss-reactive ketones (excluding diaryl/α,β-unsaturated/α-hetero) is 1. The second-order valence-electron chi connectivity index (χ2n) is 3.82. The molecule has 1 aliphatic rings. The van der Waals surface area contributed by atoms with Crippen LogP contribution < -0.4 is 4.90 Å². The van der Waals surface area contributed by atoms with Gasteiger partial charge in [-0.15, -0.1) is 0 Å². The van der Waals surface area contributed by atoms with Crippen LogP contribution in [0.15, 0.2) is 18.2 Å². The number of carbonyl (C=O) groups is 3. The summed E-state index contributed by atoms with van der Waals surface area (Å²) in [6, 6.07) is 4.17. The van der Waals surface area contributed by atoms with Gasteiger partial charge in [-0.3, -0.25) is 9.59 Å². The highest BCUT2D eigenvalue weighted by Crippen LogP contribution is 2.29. The molecule has 88 valence electrons. The molecule has 5 nitrogen and oxygen atoms in total. The Morgan fingerprint density at radius 1 is 1.35 bits per heavy atom. The Bertz CT molecular complexity index is 521. The Morgan fingerprint density at radius 2 is 2.06 bits per heavy atom. The summed E-state index contributed by atoms with van der Waals surface area (Å²) in [7, 11) is 0. The molecular formula is C12H11NO4. The Balaban J connectivity index is 2.51. The van der Waals surface area contributed by atoms with Crippen LogP contribution in [-0.4, -0.2) is 29.3 Å². The number of carboxylic acid groups (broad SMARTS) is 1. The zero-order valence-corrected chi connectivity index (χ0v) is 9.27. The molecule has 0 spiro atoms. The first kappa shape index (κ1) is 11.3. The summed E-state index contributed by atoms with van der Waals surface area (Å²) in [6.45, 7) is 2.37. The number of carboxylic acids is 1. The van der Waals surface area contributed by atoms with Crippen LogP contribution in [-0.2, 0) is 4.79 Å². The van der Waals surface area contributed by atoms with Crippen molar-refractivity contribution in [2.75, 3.05) is 11.4 Å². The zero-order chi connectivity index (χ0) is 12.6. The molecule has 0 aliphatic carbocycles. The molecule has 1 heterocycles. The van der Waals surface area contributed by atoms with E-state index in [-0.39, 0.29) is 11.1 Å². The molecule has 1 aromatic carbocycles. The lowest BCUT2D eigenvalue weighted by atomic mass is 10.1. The van der Waals surface area contributed by atoms with E-state index in [0.717, 1.165) is 6.42 Å². The van der Waals surface area contributed by atoms with Crippen molar-refractivity contribution in [3.8, 4) is 0 Å². The van der Waals surface area contributed by atoms with Gasteiger partial charge in [0.2, 0.25) is 0 Å². The minimum absolute atomic E-state index is 0.0169. The molecule has 0 saturated carbocycles. The summed E-state index contributed by atoms with van der Waals surface area (Å²) in [5.41, 5.74) is 0.707. The maximum atomic E-state index is 11.7. The van der Waals surface area contributed by atoms with Crippen LogP contribution in [0.1, 0.15) is 34.1 Å². The molecule has 1 amide bonds. The van der Waals surface area contributed by atoms with Crippen molar-refractivity contribution < 1.29 is 19.5 Å². The third-order valence-electron chi connectivity index (χ3n) is 2.67. The Hall–Kier alpha value is -2.17. The van der Waals surface area contributed by atoms with Crippen LogP contribution in [0.2, 0.25) is 0 Å². The van der Waals surface area contributed by atoms with Gasteiger partial charge in [-0.2, -0.15) is 0 Å². The first-order valence-corrected chi connectivity index (χ1v) is 5.29. The van der Waals surface area contributed by atoms with E-state index in [1.807, 2.05) is 6.92 Å². The van der Waals surface area contributed by atoms with Gasteiger partial charge in [-0.05, 0) is 24.6 Å². The number of ketones is 1. The fraction of sp³-hybridized carbons (Fsp3) is 0.250. The molecular weight excluding hydrogens is 222 g/mol. The van der Waals surface area contributed by atoms with Gasteiger partial charge in [0.05, 0.1) is 16.8 Å². The number of hydrogen-bond donors (Lipinski definition) is 1. The maximum absolute atomic E-state index is 11.7. The lowest BCUT2D eigenvalue weighted by molar-refractivity contribution is -0.114. The fourth-order valence-corrected chi connectivity index (χ4v) is 1.88. The van der Waals surface area contributed by atoms with Crippen molar-refractivity contribution in [2.45, 2.75) is 13.3 Å². The third-order valence-corrected chi connectivity index (χ3v) is 2.67. The fourth-order valence-electron chi connectivity index (χ4n) is 1.88. The number of anilines is 1. The largest absolute Gasteiger partial charge is 0.478 e. The first-order valence-electron chi connectivity index (χ1n) is 5.29. The first-order chi connectivity index (χ1) is 8.06. The number of amides is 1. The average Bonchev–Trinajstić information content (AvgIpc) is 2.54. The number of fused-ring (bicyclic) bond motifs is 1. The van der Waals surface area contributed by atoms with E-state index in [0.29, 0.717) is 12.2 Å². The van der Waals surface area contributed by atoms with Gasteiger partial charge in [-0.1, -0.05) is 6.92 Å². The van der Waals surface area contributed by atoms with Gasteiger partial charge >= 0.3 is 5.97 Å². The van der Waals surface area contributed by atoms with Crippen molar-refractivity contribution in [2.24, 2.45) is 0 Å². The van der Waals surface area contributed by atoms with Crippen molar-refractivity contribution >= 4 is 23.3 Å². The molecule has 5 heteroatoms. The van der Waals surface area contributed by atoms with Crippen molar-refractivity contribution in [3.05, 3.63) is 29.3 Å². The highest BCUT2D eigenvalue weighted by atomic mass is 16.4. The van der Waals surface area contributed by atoms with Gasteiger partial charge in [0, 0.05) is 6.54 Å². The summed E-state index contributed by atoms with van der Waals surface area (Å²) in [6.07, 6.45) is 0.735. The maximum Gasteiger partial charge on any atom is 0.335 e. The minimum Gasteiger partial charge on any atom is -0.478 e. The van der Waals surface area contributed by atoms with Crippen LogP contribution in [0.4, 0.5) is 5.69 Å². The summed E-state index contributed by atoms with van der Waals surface area (Å²) < 4.78 is 0. The van der Waals surface area contributed by atoms with E-state index in [4.69, 9.17) is 5.11 Å². The molecule has 2 rings (SSSR count). The van der Waals surface area contributed by atoms with E-state index in [1.54, 1.807) is 0 Å². The van der Waals surface area contributed by atoms with E-state index >= 15 is 0 Å². The molecule has 1 aromatic rings. The molecule has 0 fully saturated rings. The predicted octanol–water partition coefficient (Wildman–Crippen LogP) is 1.32. The van der Waals surface area contributed by atoms with Crippen LogP contribution >= 0.6 is 0 Å². The van der Waals surface area contributed by atoms with Gasteiger partial charge in [0.1, 0.15) is 0 Å². The Labute approximate surface area is 97.7 Å². The lowest BCUT2D eigenvalue weighted by Crippen LogP contribution is -2.30. The van der Waals surface area contributed by atoms with Crippen LogP contribution in [0.5, 0.6) is 0 Å².